The first-order valence-electron chi connectivity index (χ1n) is 5.46. The molecule has 4 heteroatoms. The molecule has 0 aromatic carbocycles. The minimum atomic E-state index is 0.379. The van der Waals surface area contributed by atoms with E-state index < -0.39 is 0 Å². The van der Waals surface area contributed by atoms with E-state index in [4.69, 9.17) is 10.5 Å². The van der Waals surface area contributed by atoms with Gasteiger partial charge in [0.25, 0.3) is 0 Å². The molecule has 1 saturated heterocycles. The molecule has 0 aliphatic carbocycles. The Kier molecular flexibility index (Phi) is 6.60. The van der Waals surface area contributed by atoms with Crippen LogP contribution in [-0.4, -0.2) is 55.3 Å². The summed E-state index contributed by atoms with van der Waals surface area (Å²) in [5.74, 6) is 2.30. The molecule has 0 radical (unpaired) electrons. The maximum atomic E-state index is 5.84. The molecule has 3 nitrogen and oxygen atoms in total. The second-order valence-corrected chi connectivity index (χ2v) is 4.85. The molecule has 0 bridgehead atoms. The smallest absolute Gasteiger partial charge is 0.0594 e. The molecule has 0 aromatic heterocycles. The van der Waals surface area contributed by atoms with Crippen LogP contribution in [0.15, 0.2) is 0 Å². The molecule has 0 amide bonds. The summed E-state index contributed by atoms with van der Waals surface area (Å²) in [5, 5.41) is 0. The Morgan fingerprint density at radius 1 is 1.43 bits per heavy atom. The van der Waals surface area contributed by atoms with Crippen LogP contribution in [0.4, 0.5) is 0 Å². The van der Waals surface area contributed by atoms with Gasteiger partial charge in [-0.15, -0.1) is 0 Å². The van der Waals surface area contributed by atoms with Crippen molar-refractivity contribution in [2.45, 2.75) is 19.4 Å². The van der Waals surface area contributed by atoms with Crippen LogP contribution in [0.25, 0.3) is 0 Å². The molecule has 1 heterocycles. The number of nitrogens with zero attached hydrogens (tertiary/aromatic N) is 1. The highest BCUT2D eigenvalue weighted by Crippen LogP contribution is 2.05. The second-order valence-electron chi connectivity index (χ2n) is 3.70. The minimum Gasteiger partial charge on any atom is -0.379 e. The van der Waals surface area contributed by atoms with Gasteiger partial charge in [-0.2, -0.15) is 11.8 Å². The van der Waals surface area contributed by atoms with E-state index in [9.17, 15) is 0 Å². The van der Waals surface area contributed by atoms with Gasteiger partial charge in [0, 0.05) is 37.2 Å². The van der Waals surface area contributed by atoms with Gasteiger partial charge in [-0.05, 0) is 6.42 Å². The number of morpholine rings is 1. The lowest BCUT2D eigenvalue weighted by Gasteiger charge is -2.26. The second kappa shape index (κ2) is 7.51. The van der Waals surface area contributed by atoms with Crippen LogP contribution in [0, 0.1) is 0 Å². The summed E-state index contributed by atoms with van der Waals surface area (Å²) >= 11 is 1.97. The number of hydrogen-bond donors (Lipinski definition) is 1. The first-order chi connectivity index (χ1) is 6.83. The average molecular weight is 218 g/mol. The fourth-order valence-electron chi connectivity index (χ4n) is 1.37. The van der Waals surface area contributed by atoms with Gasteiger partial charge >= 0.3 is 0 Å². The Morgan fingerprint density at radius 2 is 2.14 bits per heavy atom. The van der Waals surface area contributed by atoms with Crippen LogP contribution in [0.5, 0.6) is 0 Å². The number of thioether (sulfide) groups is 1. The summed E-state index contributed by atoms with van der Waals surface area (Å²) < 4.78 is 5.29. The van der Waals surface area contributed by atoms with E-state index in [-0.39, 0.29) is 0 Å². The lowest BCUT2D eigenvalue weighted by atomic mass is 10.3. The minimum absolute atomic E-state index is 0.379. The summed E-state index contributed by atoms with van der Waals surface area (Å²) in [7, 11) is 0. The van der Waals surface area contributed by atoms with Crippen molar-refractivity contribution in [3.8, 4) is 0 Å². The van der Waals surface area contributed by atoms with E-state index in [0.717, 1.165) is 38.5 Å². The Morgan fingerprint density at radius 3 is 2.79 bits per heavy atom. The quantitative estimate of drug-likeness (QED) is 0.669. The molecule has 1 rings (SSSR count). The molecule has 14 heavy (non-hydrogen) atoms. The van der Waals surface area contributed by atoms with Crippen molar-refractivity contribution in [3.05, 3.63) is 0 Å². The molecule has 0 spiro atoms. The number of nitrogens with two attached hydrogens (primary N) is 1. The number of hydrogen-bond acceptors (Lipinski definition) is 4. The Labute approximate surface area is 91.4 Å². The zero-order chi connectivity index (χ0) is 10.2. The van der Waals surface area contributed by atoms with Gasteiger partial charge in [-0.25, -0.2) is 0 Å². The van der Waals surface area contributed by atoms with Crippen molar-refractivity contribution in [1.82, 2.24) is 4.90 Å². The van der Waals surface area contributed by atoms with Gasteiger partial charge in [0.1, 0.15) is 0 Å². The van der Waals surface area contributed by atoms with E-state index in [0.29, 0.717) is 6.04 Å². The lowest BCUT2D eigenvalue weighted by molar-refractivity contribution is 0.0410. The molecule has 0 aromatic rings. The standard InChI is InChI=1S/C10H22N2OS/c1-2-10(11)9-14-8-5-12-3-6-13-7-4-12/h10H,2-9,11H2,1H3. The molecule has 0 saturated carbocycles. The van der Waals surface area contributed by atoms with Crippen molar-refractivity contribution in [2.75, 3.05) is 44.4 Å². The van der Waals surface area contributed by atoms with Gasteiger partial charge in [0.2, 0.25) is 0 Å². The normalized spacial score (nSPS) is 21.0. The molecule has 1 aliphatic heterocycles. The third kappa shape index (κ3) is 5.20. The summed E-state index contributed by atoms with van der Waals surface area (Å²) in [6, 6.07) is 0.379. The van der Waals surface area contributed by atoms with Crippen LogP contribution in [-0.2, 0) is 4.74 Å². The van der Waals surface area contributed by atoms with Crippen molar-refractivity contribution in [3.63, 3.8) is 0 Å². The predicted octanol–water partition coefficient (Wildman–Crippen LogP) is 0.789. The average Bonchev–Trinajstić information content (AvgIpc) is 2.25. The van der Waals surface area contributed by atoms with Crippen molar-refractivity contribution >= 4 is 11.8 Å². The third-order valence-electron chi connectivity index (χ3n) is 2.51. The molecule has 1 atom stereocenters. The topological polar surface area (TPSA) is 38.5 Å². The highest BCUT2D eigenvalue weighted by molar-refractivity contribution is 7.99. The SMILES string of the molecule is CCC(N)CSCCN1CCOCC1. The van der Waals surface area contributed by atoms with Crippen molar-refractivity contribution in [1.29, 1.82) is 0 Å². The van der Waals surface area contributed by atoms with Crippen LogP contribution < -0.4 is 5.73 Å². The first kappa shape index (κ1) is 12.3. The predicted molar refractivity (Wildman–Crippen MR) is 62.9 cm³/mol. The van der Waals surface area contributed by atoms with Crippen molar-refractivity contribution < 1.29 is 4.74 Å². The summed E-state index contributed by atoms with van der Waals surface area (Å²) in [6.07, 6.45) is 1.09. The molecule has 1 fully saturated rings. The van der Waals surface area contributed by atoms with Crippen LogP contribution in [0.2, 0.25) is 0 Å². The van der Waals surface area contributed by atoms with E-state index in [2.05, 4.69) is 11.8 Å². The van der Waals surface area contributed by atoms with Crippen LogP contribution in [0.1, 0.15) is 13.3 Å². The third-order valence-corrected chi connectivity index (χ3v) is 3.65. The monoisotopic (exact) mass is 218 g/mol. The van der Waals surface area contributed by atoms with Gasteiger partial charge < -0.3 is 10.5 Å². The number of ether oxygens (including phenoxy) is 1. The van der Waals surface area contributed by atoms with Crippen molar-refractivity contribution in [2.24, 2.45) is 5.73 Å². The largest absolute Gasteiger partial charge is 0.379 e. The fraction of sp³-hybridized carbons (Fsp3) is 1.00. The maximum Gasteiger partial charge on any atom is 0.0594 e. The summed E-state index contributed by atoms with van der Waals surface area (Å²) in [5.41, 5.74) is 5.84. The number of rotatable bonds is 6. The Hall–Kier alpha value is 0.230. The summed E-state index contributed by atoms with van der Waals surface area (Å²) in [4.78, 5) is 2.47. The molecule has 84 valence electrons. The highest BCUT2D eigenvalue weighted by atomic mass is 32.2. The fourth-order valence-corrected chi connectivity index (χ4v) is 2.46. The van der Waals surface area contributed by atoms with E-state index in [1.165, 1.54) is 12.3 Å². The highest BCUT2D eigenvalue weighted by Gasteiger charge is 2.09. The van der Waals surface area contributed by atoms with Gasteiger partial charge in [-0.3, -0.25) is 4.90 Å². The van der Waals surface area contributed by atoms with Gasteiger partial charge in [-0.1, -0.05) is 6.92 Å². The van der Waals surface area contributed by atoms with Crippen LogP contribution >= 0.6 is 11.8 Å². The molecule has 2 N–H and O–H groups in total. The zero-order valence-corrected chi connectivity index (χ0v) is 9.89. The van der Waals surface area contributed by atoms with E-state index in [1.54, 1.807) is 0 Å². The van der Waals surface area contributed by atoms with E-state index in [1.807, 2.05) is 11.8 Å². The maximum absolute atomic E-state index is 5.84. The van der Waals surface area contributed by atoms with Gasteiger partial charge in [0.15, 0.2) is 0 Å². The molecular formula is C10H22N2OS. The molecule has 1 aliphatic rings. The Bertz CT molecular complexity index is 140. The summed E-state index contributed by atoms with van der Waals surface area (Å²) in [6.45, 7) is 7.33. The zero-order valence-electron chi connectivity index (χ0n) is 9.08. The van der Waals surface area contributed by atoms with Crippen LogP contribution in [0.3, 0.4) is 0 Å². The Balaban J connectivity index is 1.92. The first-order valence-corrected chi connectivity index (χ1v) is 6.62. The van der Waals surface area contributed by atoms with Gasteiger partial charge in [0.05, 0.1) is 13.2 Å². The van der Waals surface area contributed by atoms with E-state index >= 15 is 0 Å². The molecular weight excluding hydrogens is 196 g/mol. The lowest BCUT2D eigenvalue weighted by Crippen LogP contribution is -2.37. The molecule has 1 unspecified atom stereocenters.